The van der Waals surface area contributed by atoms with Crippen LogP contribution in [0.4, 0.5) is 0 Å². The molecule has 0 aromatic rings. The Morgan fingerprint density at radius 1 is 1.64 bits per heavy atom. The van der Waals surface area contributed by atoms with E-state index in [1.165, 1.54) is 6.92 Å². The second-order valence-corrected chi connectivity index (χ2v) is 1.34. The van der Waals surface area contributed by atoms with Gasteiger partial charge >= 0.3 is 11.9 Å². The summed E-state index contributed by atoms with van der Waals surface area (Å²) in [6.45, 7) is 3.65. The molecule has 0 fully saturated rings. The molecule has 0 spiro atoms. The van der Waals surface area contributed by atoms with Gasteiger partial charge in [0.25, 0.3) is 0 Å². The summed E-state index contributed by atoms with van der Waals surface area (Å²) in [5, 5.41) is 14.7. The molecule has 0 radical (unpaired) electrons. The van der Waals surface area contributed by atoms with Gasteiger partial charge in [0.2, 0.25) is 0 Å². The van der Waals surface area contributed by atoms with Crippen LogP contribution in [0, 0.1) is 11.3 Å². The maximum Gasteiger partial charge on any atom is 0.408 e. The minimum absolute atomic E-state index is 0.211. The van der Waals surface area contributed by atoms with Crippen molar-refractivity contribution in [1.82, 2.24) is 0 Å². The third-order valence-electron chi connectivity index (χ3n) is 0.443. The lowest BCUT2D eigenvalue weighted by atomic mass is 10.8. The standard InChI is InChI=1S/C4H8O2.C2HNO2/c1-3-6-4(2)5;3-1-2(4)5/h3H2,1-2H3;(H,4,5). The molecule has 0 saturated heterocycles. The zero-order valence-corrected chi connectivity index (χ0v) is 6.33. The molecule has 5 nitrogen and oxygen atoms in total. The average Bonchev–Trinajstić information content (AvgIpc) is 1.89. The minimum atomic E-state index is -1.44. The molecule has 0 bridgehead atoms. The SMILES string of the molecule is CCOC(C)=O.N#CC(=O)O. The van der Waals surface area contributed by atoms with Crippen LogP contribution in [0.15, 0.2) is 0 Å². The second kappa shape index (κ2) is 8.43. The molecule has 0 saturated carbocycles. The van der Waals surface area contributed by atoms with Crippen molar-refractivity contribution in [1.29, 1.82) is 5.26 Å². The smallest absolute Gasteiger partial charge is 0.408 e. The lowest BCUT2D eigenvalue weighted by Crippen LogP contribution is -1.95. The fourth-order valence-electron chi connectivity index (χ4n) is 0.203. The van der Waals surface area contributed by atoms with Gasteiger partial charge in [-0.1, -0.05) is 0 Å². The van der Waals surface area contributed by atoms with Crippen molar-refractivity contribution in [3.63, 3.8) is 0 Å². The predicted molar refractivity (Wildman–Crippen MR) is 35.6 cm³/mol. The van der Waals surface area contributed by atoms with Gasteiger partial charge in [-0.2, -0.15) is 5.26 Å². The Kier molecular flexibility index (Phi) is 9.30. The van der Waals surface area contributed by atoms with E-state index >= 15 is 0 Å². The summed E-state index contributed by atoms with van der Waals surface area (Å²) < 4.78 is 4.40. The van der Waals surface area contributed by atoms with Crippen molar-refractivity contribution in [3.05, 3.63) is 0 Å². The van der Waals surface area contributed by atoms with Gasteiger partial charge in [0, 0.05) is 6.92 Å². The van der Waals surface area contributed by atoms with E-state index in [1.807, 2.05) is 0 Å². The average molecular weight is 159 g/mol. The highest BCUT2D eigenvalue weighted by Gasteiger charge is 1.81. The lowest BCUT2D eigenvalue weighted by Gasteiger charge is -1.89. The Hall–Kier alpha value is -1.57. The molecule has 0 aliphatic rings. The zero-order valence-electron chi connectivity index (χ0n) is 6.33. The molecule has 0 rings (SSSR count). The van der Waals surface area contributed by atoms with Gasteiger partial charge < -0.3 is 9.84 Å². The fraction of sp³-hybridized carbons (Fsp3) is 0.500. The van der Waals surface area contributed by atoms with Crippen LogP contribution in [-0.4, -0.2) is 23.7 Å². The number of nitrogens with zero attached hydrogens (tertiary/aromatic N) is 1. The van der Waals surface area contributed by atoms with Crippen molar-refractivity contribution in [2.75, 3.05) is 6.61 Å². The molecule has 0 aromatic heterocycles. The topological polar surface area (TPSA) is 87.4 Å². The van der Waals surface area contributed by atoms with Crippen LogP contribution in [0.5, 0.6) is 0 Å². The largest absolute Gasteiger partial charge is 0.470 e. The number of hydrogen-bond acceptors (Lipinski definition) is 4. The first-order valence-electron chi connectivity index (χ1n) is 2.81. The molecular weight excluding hydrogens is 150 g/mol. The van der Waals surface area contributed by atoms with Crippen LogP contribution in [0.1, 0.15) is 13.8 Å². The van der Waals surface area contributed by atoms with E-state index in [0.29, 0.717) is 6.61 Å². The highest BCUT2D eigenvalue weighted by atomic mass is 16.5. The van der Waals surface area contributed by atoms with Crippen molar-refractivity contribution >= 4 is 11.9 Å². The van der Waals surface area contributed by atoms with E-state index in [9.17, 15) is 4.79 Å². The highest BCUT2D eigenvalue weighted by Crippen LogP contribution is 1.69. The zero-order chi connectivity index (χ0) is 9.28. The van der Waals surface area contributed by atoms with Crippen molar-refractivity contribution in [2.24, 2.45) is 0 Å². The quantitative estimate of drug-likeness (QED) is 0.334. The number of nitriles is 1. The van der Waals surface area contributed by atoms with E-state index in [2.05, 4.69) is 4.74 Å². The Bertz CT molecular complexity index is 170. The van der Waals surface area contributed by atoms with Gasteiger partial charge in [-0.05, 0) is 6.92 Å². The molecule has 0 unspecified atom stereocenters. The van der Waals surface area contributed by atoms with E-state index in [0.717, 1.165) is 6.07 Å². The van der Waals surface area contributed by atoms with Crippen molar-refractivity contribution < 1.29 is 19.4 Å². The van der Waals surface area contributed by atoms with E-state index < -0.39 is 5.97 Å². The van der Waals surface area contributed by atoms with E-state index in [1.54, 1.807) is 6.92 Å². The first-order chi connectivity index (χ1) is 5.04. The molecule has 0 heterocycles. The van der Waals surface area contributed by atoms with Crippen LogP contribution in [0.3, 0.4) is 0 Å². The highest BCUT2D eigenvalue weighted by molar-refractivity contribution is 5.83. The third-order valence-corrected chi connectivity index (χ3v) is 0.443. The minimum Gasteiger partial charge on any atom is -0.470 e. The van der Waals surface area contributed by atoms with E-state index in [-0.39, 0.29) is 5.97 Å². The number of hydrogen-bond donors (Lipinski definition) is 1. The lowest BCUT2D eigenvalue weighted by molar-refractivity contribution is -0.140. The molecular formula is C6H9NO4. The number of carbonyl (C=O) groups excluding carboxylic acids is 1. The van der Waals surface area contributed by atoms with Gasteiger partial charge in [0.05, 0.1) is 6.61 Å². The number of ether oxygens (including phenoxy) is 1. The Morgan fingerprint density at radius 2 is 2.00 bits per heavy atom. The van der Waals surface area contributed by atoms with Gasteiger partial charge in [-0.15, -0.1) is 0 Å². The number of esters is 1. The number of aliphatic carboxylic acids is 1. The second-order valence-electron chi connectivity index (χ2n) is 1.34. The summed E-state index contributed by atoms with van der Waals surface area (Å²) in [5.41, 5.74) is 0. The molecule has 5 heteroatoms. The molecule has 0 aliphatic heterocycles. The Labute approximate surface area is 64.2 Å². The number of carboxylic acids is 1. The molecule has 62 valence electrons. The van der Waals surface area contributed by atoms with Crippen LogP contribution in [-0.2, 0) is 14.3 Å². The Morgan fingerprint density at radius 3 is 2.00 bits per heavy atom. The number of carbonyl (C=O) groups is 2. The fourth-order valence-corrected chi connectivity index (χ4v) is 0.203. The molecule has 0 aliphatic carbocycles. The monoisotopic (exact) mass is 159 g/mol. The van der Waals surface area contributed by atoms with Crippen molar-refractivity contribution in [2.45, 2.75) is 13.8 Å². The van der Waals surface area contributed by atoms with Crippen molar-refractivity contribution in [3.8, 4) is 6.07 Å². The summed E-state index contributed by atoms with van der Waals surface area (Å²) >= 11 is 0. The van der Waals surface area contributed by atoms with Gasteiger partial charge in [0.15, 0.2) is 6.07 Å². The first-order valence-corrected chi connectivity index (χ1v) is 2.81. The molecule has 0 amide bonds. The third kappa shape index (κ3) is 29.6. The van der Waals surface area contributed by atoms with Crippen LogP contribution < -0.4 is 0 Å². The maximum atomic E-state index is 9.82. The van der Waals surface area contributed by atoms with Gasteiger partial charge in [-0.3, -0.25) is 4.79 Å². The van der Waals surface area contributed by atoms with Gasteiger partial charge in [0.1, 0.15) is 0 Å². The summed E-state index contributed by atoms with van der Waals surface area (Å²) in [7, 11) is 0. The number of rotatable bonds is 1. The first kappa shape index (κ1) is 12.1. The summed E-state index contributed by atoms with van der Waals surface area (Å²) in [5.74, 6) is -1.65. The predicted octanol–water partition coefficient (Wildman–Crippen LogP) is 0.164. The maximum absolute atomic E-state index is 9.82. The van der Waals surface area contributed by atoms with Gasteiger partial charge in [-0.25, -0.2) is 4.79 Å². The summed E-state index contributed by atoms with van der Waals surface area (Å²) in [4.78, 5) is 18.8. The normalized spacial score (nSPS) is 6.64. The molecule has 0 atom stereocenters. The summed E-state index contributed by atoms with van der Waals surface area (Å²) in [6, 6.07) is 0.944. The van der Waals surface area contributed by atoms with Crippen LogP contribution in [0.2, 0.25) is 0 Å². The van der Waals surface area contributed by atoms with Crippen LogP contribution in [0.25, 0.3) is 0 Å². The molecule has 1 N–H and O–H groups in total. The molecule has 0 aromatic carbocycles. The molecule has 11 heavy (non-hydrogen) atoms. The van der Waals surface area contributed by atoms with Crippen LogP contribution >= 0.6 is 0 Å². The Balaban J connectivity index is 0. The summed E-state index contributed by atoms with van der Waals surface area (Å²) in [6.07, 6.45) is 0. The van der Waals surface area contributed by atoms with E-state index in [4.69, 9.17) is 15.2 Å². The number of carboxylic acid groups (broad SMARTS) is 1.